The molecule has 1 aromatic heterocycles. The van der Waals surface area contributed by atoms with Crippen LogP contribution in [0.15, 0.2) is 18.2 Å². The summed E-state index contributed by atoms with van der Waals surface area (Å²) in [5, 5.41) is 11.3. The van der Waals surface area contributed by atoms with Crippen LogP contribution in [0.5, 0.6) is 0 Å². The van der Waals surface area contributed by atoms with E-state index in [1.54, 1.807) is 11.3 Å². The third-order valence-electron chi connectivity index (χ3n) is 2.40. The summed E-state index contributed by atoms with van der Waals surface area (Å²) in [4.78, 5) is 1.08. The van der Waals surface area contributed by atoms with Gasteiger partial charge in [0.1, 0.15) is 0 Å². The van der Waals surface area contributed by atoms with Gasteiger partial charge in [0.15, 0.2) is 0 Å². The molecule has 74 valence electrons. The van der Waals surface area contributed by atoms with Gasteiger partial charge in [-0.1, -0.05) is 22.0 Å². The van der Waals surface area contributed by atoms with Crippen LogP contribution < -0.4 is 0 Å². The van der Waals surface area contributed by atoms with Crippen LogP contribution in [0, 0.1) is 6.92 Å². The van der Waals surface area contributed by atoms with Crippen molar-refractivity contribution < 1.29 is 5.11 Å². The van der Waals surface area contributed by atoms with Gasteiger partial charge in [0, 0.05) is 14.9 Å². The average molecular weight is 271 g/mol. The van der Waals surface area contributed by atoms with Crippen molar-refractivity contribution in [2.24, 2.45) is 0 Å². The Balaban J connectivity index is 2.68. The molecule has 0 bridgehead atoms. The van der Waals surface area contributed by atoms with Gasteiger partial charge in [-0.3, -0.25) is 0 Å². The van der Waals surface area contributed by atoms with Crippen LogP contribution in [-0.2, 0) is 11.9 Å². The Morgan fingerprint density at radius 1 is 1.43 bits per heavy atom. The van der Waals surface area contributed by atoms with E-state index in [-0.39, 0.29) is 6.61 Å². The minimum atomic E-state index is 0.148. The van der Waals surface area contributed by atoms with Gasteiger partial charge in [0.05, 0.1) is 6.61 Å². The summed E-state index contributed by atoms with van der Waals surface area (Å²) in [6.45, 7) is 2.22. The molecular weight excluding hydrogens is 260 g/mol. The summed E-state index contributed by atoms with van der Waals surface area (Å²) < 4.78 is 1.26. The maximum Gasteiger partial charge on any atom is 0.0777 e. The number of fused-ring (bicyclic) bond motifs is 1. The lowest BCUT2D eigenvalue weighted by Crippen LogP contribution is -1.80. The molecule has 1 heterocycles. The fourth-order valence-electron chi connectivity index (χ4n) is 1.55. The minimum Gasteiger partial charge on any atom is -0.391 e. The van der Waals surface area contributed by atoms with Crippen molar-refractivity contribution in [3.05, 3.63) is 34.2 Å². The molecule has 0 aliphatic rings. The first-order valence-corrected chi connectivity index (χ1v) is 6.37. The van der Waals surface area contributed by atoms with E-state index in [0.29, 0.717) is 0 Å². The molecule has 2 rings (SSSR count). The summed E-state index contributed by atoms with van der Waals surface area (Å²) >= 11 is 5.12. The Morgan fingerprint density at radius 2 is 2.21 bits per heavy atom. The van der Waals surface area contributed by atoms with E-state index in [0.717, 1.165) is 10.2 Å². The number of thiophene rings is 1. The Kier molecular flexibility index (Phi) is 2.91. The molecule has 2 aromatic rings. The fourth-order valence-corrected chi connectivity index (χ4v) is 2.95. The first-order valence-electron chi connectivity index (χ1n) is 4.44. The number of hydrogen-bond donors (Lipinski definition) is 1. The van der Waals surface area contributed by atoms with Gasteiger partial charge in [-0.2, -0.15) is 0 Å². The molecule has 0 atom stereocenters. The summed E-state index contributed by atoms with van der Waals surface area (Å²) in [6.07, 6.45) is 0. The summed E-state index contributed by atoms with van der Waals surface area (Å²) in [7, 11) is 0. The van der Waals surface area contributed by atoms with Crippen molar-refractivity contribution in [2.45, 2.75) is 18.9 Å². The van der Waals surface area contributed by atoms with Crippen LogP contribution in [0.4, 0.5) is 0 Å². The van der Waals surface area contributed by atoms with Gasteiger partial charge in [-0.15, -0.1) is 11.3 Å². The molecule has 0 amide bonds. The van der Waals surface area contributed by atoms with Crippen LogP contribution in [-0.4, -0.2) is 5.11 Å². The molecule has 0 spiro atoms. The van der Waals surface area contributed by atoms with E-state index < -0.39 is 0 Å². The first kappa shape index (κ1) is 10.1. The Morgan fingerprint density at radius 3 is 2.86 bits per heavy atom. The van der Waals surface area contributed by atoms with E-state index in [4.69, 9.17) is 5.11 Å². The van der Waals surface area contributed by atoms with Gasteiger partial charge in [-0.05, 0) is 35.6 Å². The Labute approximate surface area is 95.5 Å². The van der Waals surface area contributed by atoms with Gasteiger partial charge in [0.25, 0.3) is 0 Å². The summed E-state index contributed by atoms with van der Waals surface area (Å²) in [5.41, 5.74) is 2.50. The maximum absolute atomic E-state index is 9.15. The standard InChI is InChI=1S/C11H11BrOS/c1-7-9-4-8(5-12)2-3-10(9)14-11(7)6-13/h2-4,13H,5-6H2,1H3. The molecule has 0 saturated heterocycles. The molecule has 0 aliphatic carbocycles. The van der Waals surface area contributed by atoms with Crippen molar-refractivity contribution in [2.75, 3.05) is 0 Å². The second kappa shape index (κ2) is 4.01. The number of hydrogen-bond acceptors (Lipinski definition) is 2. The largest absolute Gasteiger partial charge is 0.391 e. The molecule has 0 fully saturated rings. The molecule has 1 N–H and O–H groups in total. The number of rotatable bonds is 2. The zero-order valence-electron chi connectivity index (χ0n) is 7.88. The number of aliphatic hydroxyl groups is 1. The van der Waals surface area contributed by atoms with Gasteiger partial charge < -0.3 is 5.11 Å². The van der Waals surface area contributed by atoms with E-state index in [9.17, 15) is 0 Å². The normalized spacial score (nSPS) is 11.1. The molecule has 0 aliphatic heterocycles. The van der Waals surface area contributed by atoms with E-state index >= 15 is 0 Å². The van der Waals surface area contributed by atoms with E-state index in [1.165, 1.54) is 21.2 Å². The smallest absolute Gasteiger partial charge is 0.0777 e. The van der Waals surface area contributed by atoms with Crippen molar-refractivity contribution in [1.29, 1.82) is 0 Å². The van der Waals surface area contributed by atoms with Crippen molar-refractivity contribution >= 4 is 37.4 Å². The molecule has 14 heavy (non-hydrogen) atoms. The molecule has 0 unspecified atom stereocenters. The lowest BCUT2D eigenvalue weighted by atomic mass is 10.1. The second-order valence-corrected chi connectivity index (χ2v) is 4.97. The van der Waals surface area contributed by atoms with E-state index in [2.05, 4.69) is 41.1 Å². The van der Waals surface area contributed by atoms with Crippen LogP contribution in [0.25, 0.3) is 10.1 Å². The first-order chi connectivity index (χ1) is 6.76. The predicted molar refractivity (Wildman–Crippen MR) is 65.1 cm³/mol. The monoisotopic (exact) mass is 270 g/mol. The van der Waals surface area contributed by atoms with Crippen molar-refractivity contribution in [3.8, 4) is 0 Å². The number of halogens is 1. The third kappa shape index (κ3) is 1.60. The quantitative estimate of drug-likeness (QED) is 0.827. The zero-order valence-corrected chi connectivity index (χ0v) is 10.3. The molecule has 0 saturated carbocycles. The SMILES string of the molecule is Cc1c(CO)sc2ccc(CBr)cc12. The predicted octanol–water partition coefficient (Wildman–Crippen LogP) is 3.60. The van der Waals surface area contributed by atoms with Gasteiger partial charge in [-0.25, -0.2) is 0 Å². The Bertz CT molecular complexity index is 462. The van der Waals surface area contributed by atoms with E-state index in [1.807, 2.05) is 0 Å². The van der Waals surface area contributed by atoms with Crippen molar-refractivity contribution in [3.63, 3.8) is 0 Å². The van der Waals surface area contributed by atoms with Crippen molar-refractivity contribution in [1.82, 2.24) is 0 Å². The topological polar surface area (TPSA) is 20.2 Å². The van der Waals surface area contributed by atoms with Gasteiger partial charge in [0.2, 0.25) is 0 Å². The zero-order chi connectivity index (χ0) is 10.1. The highest BCUT2D eigenvalue weighted by molar-refractivity contribution is 9.08. The molecule has 1 nitrogen and oxygen atoms in total. The lowest BCUT2D eigenvalue weighted by Gasteiger charge is -1.96. The fraction of sp³-hybridized carbons (Fsp3) is 0.273. The maximum atomic E-state index is 9.15. The Hall–Kier alpha value is -0.380. The number of benzene rings is 1. The molecular formula is C11H11BrOS. The number of aliphatic hydroxyl groups excluding tert-OH is 1. The second-order valence-electron chi connectivity index (χ2n) is 3.27. The van der Waals surface area contributed by atoms with Crippen LogP contribution in [0.1, 0.15) is 16.0 Å². The highest BCUT2D eigenvalue weighted by Crippen LogP contribution is 2.31. The van der Waals surface area contributed by atoms with Crippen LogP contribution in [0.3, 0.4) is 0 Å². The number of alkyl halides is 1. The molecule has 0 radical (unpaired) electrons. The highest BCUT2D eigenvalue weighted by Gasteiger charge is 2.07. The number of aryl methyl sites for hydroxylation is 1. The molecule has 3 heteroatoms. The third-order valence-corrected chi connectivity index (χ3v) is 4.30. The van der Waals surface area contributed by atoms with Crippen LogP contribution >= 0.6 is 27.3 Å². The van der Waals surface area contributed by atoms with Crippen LogP contribution in [0.2, 0.25) is 0 Å². The van der Waals surface area contributed by atoms with Gasteiger partial charge >= 0.3 is 0 Å². The molecule has 1 aromatic carbocycles. The minimum absolute atomic E-state index is 0.148. The summed E-state index contributed by atoms with van der Waals surface area (Å²) in [6, 6.07) is 6.44. The lowest BCUT2D eigenvalue weighted by molar-refractivity contribution is 0.285. The summed E-state index contributed by atoms with van der Waals surface area (Å²) in [5.74, 6) is 0. The average Bonchev–Trinajstić information content (AvgIpc) is 2.55. The highest BCUT2D eigenvalue weighted by atomic mass is 79.9.